The molecule has 0 amide bonds. The van der Waals surface area contributed by atoms with Crippen molar-refractivity contribution >= 4 is 16.9 Å². The van der Waals surface area contributed by atoms with Crippen molar-refractivity contribution < 1.29 is 13.6 Å². The number of fused-ring (bicyclic) bond motifs is 1. The summed E-state index contributed by atoms with van der Waals surface area (Å²) >= 11 is 0. The normalized spacial score (nSPS) is 22.0. The molecule has 0 radical (unpaired) electrons. The van der Waals surface area contributed by atoms with E-state index >= 15 is 4.39 Å². The monoisotopic (exact) mass is 516 g/mol. The van der Waals surface area contributed by atoms with Crippen LogP contribution in [0.4, 0.5) is 10.2 Å². The van der Waals surface area contributed by atoms with Crippen LogP contribution in [-0.2, 0) is 0 Å². The molecule has 2 fully saturated rings. The van der Waals surface area contributed by atoms with Crippen LogP contribution in [0, 0.1) is 5.82 Å². The number of halogens is 1. The average molecular weight is 517 g/mol. The Labute approximate surface area is 222 Å². The second-order valence-corrected chi connectivity index (χ2v) is 11.2. The molecule has 3 heterocycles. The molecule has 2 aromatic carbocycles. The minimum atomic E-state index is -0.427. The summed E-state index contributed by atoms with van der Waals surface area (Å²) in [6.45, 7) is 4.71. The number of quaternary nitrogens is 1. The van der Waals surface area contributed by atoms with Crippen molar-refractivity contribution in [3.8, 4) is 22.8 Å². The third-order valence-electron chi connectivity index (χ3n) is 8.21. The molecule has 2 aromatic heterocycles. The molecule has 198 valence electrons. The molecule has 38 heavy (non-hydrogen) atoms. The van der Waals surface area contributed by atoms with Gasteiger partial charge in [-0.25, -0.2) is 19.0 Å². The molecule has 8 nitrogen and oxygen atoms in total. The molecule has 0 bridgehead atoms. The minimum Gasteiger partial charge on any atom is -0.457 e. The number of piperazine rings is 1. The fraction of sp³-hybridized carbons (Fsp3) is 0.414. The zero-order chi connectivity index (χ0) is 26.3. The molecule has 1 aliphatic heterocycles. The Morgan fingerprint density at radius 2 is 1.63 bits per heavy atom. The lowest BCUT2D eigenvalue weighted by molar-refractivity contribution is -0.894. The van der Waals surface area contributed by atoms with Crippen LogP contribution in [0.5, 0.6) is 11.5 Å². The van der Waals surface area contributed by atoms with Crippen molar-refractivity contribution in [2.45, 2.75) is 37.8 Å². The highest BCUT2D eigenvalue weighted by atomic mass is 19.1. The van der Waals surface area contributed by atoms with Gasteiger partial charge in [0.1, 0.15) is 35.2 Å². The standard InChI is InChI=1S/C29H35FN7O/c1-37(2)16-14-35(15-17-37)20-8-10-21(11-9-20)36-29-26(28(31)32-19-33-29)27(34-36)24-13-12-23(18-25(24)30)38-22-6-4-3-5-7-22/h3-7,12-13,18-21H,8-11,14-17H2,1-2H3,(H2,31,32,33)/q+1/t20-,21+. The van der Waals surface area contributed by atoms with Gasteiger partial charge in [-0.2, -0.15) is 5.10 Å². The van der Waals surface area contributed by atoms with Crippen molar-refractivity contribution in [1.82, 2.24) is 24.6 Å². The Hall–Kier alpha value is -3.56. The summed E-state index contributed by atoms with van der Waals surface area (Å²) in [7, 11) is 4.63. The second-order valence-electron chi connectivity index (χ2n) is 11.2. The smallest absolute Gasteiger partial charge is 0.164 e. The van der Waals surface area contributed by atoms with E-state index < -0.39 is 5.82 Å². The number of benzene rings is 2. The predicted molar refractivity (Wildman–Crippen MR) is 146 cm³/mol. The quantitative estimate of drug-likeness (QED) is 0.381. The highest BCUT2D eigenvalue weighted by molar-refractivity contribution is 5.98. The Kier molecular flexibility index (Phi) is 6.49. The largest absolute Gasteiger partial charge is 0.457 e. The van der Waals surface area contributed by atoms with E-state index in [-0.39, 0.29) is 6.04 Å². The maximum absolute atomic E-state index is 15.4. The molecule has 6 rings (SSSR count). The minimum absolute atomic E-state index is 0.192. The number of nitrogens with zero attached hydrogens (tertiary/aromatic N) is 6. The van der Waals surface area contributed by atoms with Crippen LogP contribution in [0.15, 0.2) is 54.9 Å². The molecule has 0 spiro atoms. The van der Waals surface area contributed by atoms with Crippen LogP contribution in [-0.4, -0.2) is 75.4 Å². The van der Waals surface area contributed by atoms with Gasteiger partial charge < -0.3 is 15.0 Å². The lowest BCUT2D eigenvalue weighted by Gasteiger charge is -2.44. The van der Waals surface area contributed by atoms with Crippen LogP contribution < -0.4 is 10.5 Å². The van der Waals surface area contributed by atoms with E-state index in [0.29, 0.717) is 45.6 Å². The molecule has 9 heteroatoms. The van der Waals surface area contributed by atoms with Gasteiger partial charge in [0.05, 0.1) is 38.6 Å². The summed E-state index contributed by atoms with van der Waals surface area (Å²) in [5, 5.41) is 5.51. The van der Waals surface area contributed by atoms with Crippen molar-refractivity contribution in [3.05, 3.63) is 60.7 Å². The van der Waals surface area contributed by atoms with Gasteiger partial charge in [-0.15, -0.1) is 0 Å². The molecule has 1 aliphatic carbocycles. The Morgan fingerprint density at radius 3 is 2.34 bits per heavy atom. The molecular formula is C29H35FN7O+. The third kappa shape index (κ3) is 4.83. The lowest BCUT2D eigenvalue weighted by atomic mass is 9.90. The summed E-state index contributed by atoms with van der Waals surface area (Å²) in [6, 6.07) is 15.0. The van der Waals surface area contributed by atoms with E-state index in [4.69, 9.17) is 15.6 Å². The van der Waals surface area contributed by atoms with E-state index in [1.165, 1.54) is 25.5 Å². The van der Waals surface area contributed by atoms with E-state index in [1.54, 1.807) is 12.1 Å². The first-order valence-electron chi connectivity index (χ1n) is 13.5. The summed E-state index contributed by atoms with van der Waals surface area (Å²) < 4.78 is 24.3. The number of rotatable bonds is 5. The van der Waals surface area contributed by atoms with Gasteiger partial charge in [0, 0.05) is 30.8 Å². The number of para-hydroxylation sites is 1. The van der Waals surface area contributed by atoms with Crippen LogP contribution in [0.1, 0.15) is 31.7 Å². The Bertz CT molecular complexity index is 1420. The van der Waals surface area contributed by atoms with E-state index in [9.17, 15) is 0 Å². The fourth-order valence-corrected chi connectivity index (χ4v) is 5.87. The first-order chi connectivity index (χ1) is 18.4. The molecular weight excluding hydrogens is 481 g/mol. The van der Waals surface area contributed by atoms with E-state index in [0.717, 1.165) is 43.3 Å². The molecule has 1 saturated carbocycles. The van der Waals surface area contributed by atoms with Crippen molar-refractivity contribution in [3.63, 3.8) is 0 Å². The van der Waals surface area contributed by atoms with Gasteiger partial charge in [0.2, 0.25) is 0 Å². The van der Waals surface area contributed by atoms with Crippen molar-refractivity contribution in [2.75, 3.05) is 46.0 Å². The van der Waals surface area contributed by atoms with Crippen LogP contribution in [0.2, 0.25) is 0 Å². The van der Waals surface area contributed by atoms with E-state index in [1.807, 2.05) is 35.0 Å². The van der Waals surface area contributed by atoms with Crippen LogP contribution in [0.25, 0.3) is 22.3 Å². The van der Waals surface area contributed by atoms with Gasteiger partial charge in [0.15, 0.2) is 5.65 Å². The lowest BCUT2D eigenvalue weighted by Crippen LogP contribution is -2.57. The number of aromatic nitrogens is 4. The highest BCUT2D eigenvalue weighted by Crippen LogP contribution is 2.38. The number of hydrogen-bond acceptors (Lipinski definition) is 6. The molecule has 4 aromatic rings. The van der Waals surface area contributed by atoms with Gasteiger partial charge in [-0.05, 0) is 49.9 Å². The molecule has 1 saturated heterocycles. The number of likely N-dealkylation sites (N-methyl/N-ethyl adjacent to an activating group) is 1. The molecule has 2 aliphatic rings. The topological polar surface area (TPSA) is 82.1 Å². The van der Waals surface area contributed by atoms with Gasteiger partial charge in [0.25, 0.3) is 0 Å². The number of ether oxygens (including phenoxy) is 1. The maximum atomic E-state index is 15.4. The van der Waals surface area contributed by atoms with Crippen LogP contribution in [0.3, 0.4) is 0 Å². The number of hydrogen-bond donors (Lipinski definition) is 1. The number of nitrogen functional groups attached to an aromatic ring is 1. The predicted octanol–water partition coefficient (Wildman–Crippen LogP) is 4.88. The molecule has 2 N–H and O–H groups in total. The number of anilines is 1. The van der Waals surface area contributed by atoms with Crippen molar-refractivity contribution in [1.29, 1.82) is 0 Å². The molecule has 0 unspecified atom stereocenters. The van der Waals surface area contributed by atoms with Gasteiger partial charge >= 0.3 is 0 Å². The summed E-state index contributed by atoms with van der Waals surface area (Å²) in [5.41, 5.74) is 7.80. The zero-order valence-electron chi connectivity index (χ0n) is 22.1. The van der Waals surface area contributed by atoms with Gasteiger partial charge in [-0.3, -0.25) is 4.90 Å². The van der Waals surface area contributed by atoms with Gasteiger partial charge in [-0.1, -0.05) is 18.2 Å². The fourth-order valence-electron chi connectivity index (χ4n) is 5.87. The molecule has 0 atom stereocenters. The SMILES string of the molecule is C[N+]1(C)CCN([C@H]2CC[C@@H](n3nc(-c4ccc(Oc5ccccc5)cc4F)c4c(N)ncnc43)CC2)CC1. The average Bonchev–Trinajstić information content (AvgIpc) is 3.30. The van der Waals surface area contributed by atoms with Crippen LogP contribution >= 0.6 is 0 Å². The summed E-state index contributed by atoms with van der Waals surface area (Å²) in [4.78, 5) is 11.4. The second kappa shape index (κ2) is 9.96. The summed E-state index contributed by atoms with van der Waals surface area (Å²) in [5.74, 6) is 0.949. The van der Waals surface area contributed by atoms with Crippen molar-refractivity contribution in [2.24, 2.45) is 0 Å². The first-order valence-corrected chi connectivity index (χ1v) is 13.5. The Morgan fingerprint density at radius 1 is 0.921 bits per heavy atom. The first kappa shape index (κ1) is 24.8. The Balaban J connectivity index is 1.25. The number of nitrogens with two attached hydrogens (primary N) is 1. The highest BCUT2D eigenvalue weighted by Gasteiger charge is 2.33. The summed E-state index contributed by atoms with van der Waals surface area (Å²) in [6.07, 6.45) is 5.72. The maximum Gasteiger partial charge on any atom is 0.164 e. The third-order valence-corrected chi connectivity index (χ3v) is 8.21. The van der Waals surface area contributed by atoms with E-state index in [2.05, 4.69) is 29.0 Å². The zero-order valence-corrected chi connectivity index (χ0v) is 22.1.